The van der Waals surface area contributed by atoms with Gasteiger partial charge < -0.3 is 4.74 Å². The van der Waals surface area contributed by atoms with Gasteiger partial charge in [0.2, 0.25) is 0 Å². The van der Waals surface area contributed by atoms with Crippen molar-refractivity contribution in [1.29, 1.82) is 0 Å². The van der Waals surface area contributed by atoms with Gasteiger partial charge in [0.05, 0.1) is 5.54 Å². The molecule has 1 aliphatic rings. The molecule has 0 aliphatic carbocycles. The summed E-state index contributed by atoms with van der Waals surface area (Å²) in [4.78, 5) is 15.3. The number of hydrogen-bond donors (Lipinski definition) is 0. The van der Waals surface area contributed by atoms with Crippen LogP contribution in [0.1, 0.15) is 53.4 Å². The molecule has 0 bridgehead atoms. The van der Waals surface area contributed by atoms with E-state index in [0.29, 0.717) is 5.78 Å². The average molecular weight is 255 g/mol. The van der Waals surface area contributed by atoms with Gasteiger partial charge in [-0.2, -0.15) is 0 Å². The molecule has 1 heterocycles. The Morgan fingerprint density at radius 3 is 2.00 bits per heavy atom. The Bertz CT molecular complexity index is 251. The zero-order valence-electron chi connectivity index (χ0n) is 12.5. The Morgan fingerprint density at radius 2 is 1.61 bits per heavy atom. The van der Waals surface area contributed by atoms with Crippen molar-refractivity contribution in [3.8, 4) is 0 Å². The minimum Gasteiger partial charge on any atom is -0.381 e. The maximum atomic E-state index is 12.9. The molecule has 1 fully saturated rings. The van der Waals surface area contributed by atoms with Crippen LogP contribution in [0.5, 0.6) is 0 Å². The van der Waals surface area contributed by atoms with Gasteiger partial charge in [0.25, 0.3) is 0 Å². The molecule has 18 heavy (non-hydrogen) atoms. The van der Waals surface area contributed by atoms with Crippen LogP contribution in [0.25, 0.3) is 0 Å². The molecule has 0 unspecified atom stereocenters. The molecule has 1 saturated heterocycles. The van der Waals surface area contributed by atoms with E-state index in [1.807, 2.05) is 0 Å². The quantitative estimate of drug-likeness (QED) is 0.700. The van der Waals surface area contributed by atoms with E-state index in [1.54, 1.807) is 0 Å². The van der Waals surface area contributed by atoms with Gasteiger partial charge in [-0.15, -0.1) is 0 Å². The fourth-order valence-electron chi connectivity index (χ4n) is 3.37. The van der Waals surface area contributed by atoms with Crippen LogP contribution < -0.4 is 0 Å². The molecule has 0 atom stereocenters. The van der Waals surface area contributed by atoms with Gasteiger partial charge in [-0.3, -0.25) is 9.69 Å². The van der Waals surface area contributed by atoms with Gasteiger partial charge in [0, 0.05) is 19.1 Å². The van der Waals surface area contributed by atoms with E-state index in [9.17, 15) is 4.79 Å². The molecule has 0 aromatic rings. The number of carbonyl (C=O) groups excluding carboxylic acids is 1. The lowest BCUT2D eigenvalue weighted by Crippen LogP contribution is -2.56. The number of carbonyl (C=O) groups is 1. The van der Waals surface area contributed by atoms with Crippen molar-refractivity contribution in [1.82, 2.24) is 4.90 Å². The van der Waals surface area contributed by atoms with E-state index in [2.05, 4.69) is 32.6 Å². The Morgan fingerprint density at radius 1 is 1.11 bits per heavy atom. The van der Waals surface area contributed by atoms with Crippen molar-refractivity contribution in [2.24, 2.45) is 5.92 Å². The fraction of sp³-hybridized carbons (Fsp3) is 0.933. The van der Waals surface area contributed by atoms with Gasteiger partial charge in [0.1, 0.15) is 0 Å². The zero-order valence-corrected chi connectivity index (χ0v) is 12.5. The van der Waals surface area contributed by atoms with Crippen LogP contribution in [0.4, 0.5) is 0 Å². The maximum absolute atomic E-state index is 12.9. The van der Waals surface area contributed by atoms with Crippen LogP contribution in [0.3, 0.4) is 0 Å². The molecule has 3 nitrogen and oxygen atoms in total. The summed E-state index contributed by atoms with van der Waals surface area (Å²) in [5, 5.41) is 0. The van der Waals surface area contributed by atoms with Gasteiger partial charge in [-0.25, -0.2) is 0 Å². The standard InChI is InChI=1S/C15H29NO2/c1-5-15(6-2,16(7-3)8-4)14(17)13-9-11-18-12-10-13/h13H,5-12H2,1-4H3. The summed E-state index contributed by atoms with van der Waals surface area (Å²) >= 11 is 0. The molecule has 3 heteroatoms. The van der Waals surface area contributed by atoms with Crippen molar-refractivity contribution in [2.75, 3.05) is 26.3 Å². The van der Waals surface area contributed by atoms with Gasteiger partial charge >= 0.3 is 0 Å². The third-order valence-electron chi connectivity index (χ3n) is 4.59. The Kier molecular flexibility index (Phi) is 6.30. The van der Waals surface area contributed by atoms with Crippen LogP contribution in [0, 0.1) is 5.92 Å². The highest BCUT2D eigenvalue weighted by molar-refractivity contribution is 5.90. The second-order valence-corrected chi connectivity index (χ2v) is 5.16. The summed E-state index contributed by atoms with van der Waals surface area (Å²) in [6.45, 7) is 12.0. The number of Topliss-reactive ketones (excluding diaryl/α,β-unsaturated/α-hetero) is 1. The summed E-state index contributed by atoms with van der Waals surface area (Å²) < 4.78 is 5.38. The predicted octanol–water partition coefficient (Wildman–Crippen LogP) is 2.88. The van der Waals surface area contributed by atoms with Crippen molar-refractivity contribution >= 4 is 5.78 Å². The minimum atomic E-state index is -0.245. The fourth-order valence-corrected chi connectivity index (χ4v) is 3.37. The first-order chi connectivity index (χ1) is 8.66. The molecule has 0 aromatic heterocycles. The highest BCUT2D eigenvalue weighted by Crippen LogP contribution is 2.31. The molecule has 0 radical (unpaired) electrons. The van der Waals surface area contributed by atoms with Crippen LogP contribution in [0.2, 0.25) is 0 Å². The first kappa shape index (κ1) is 15.6. The molecule has 0 aromatic carbocycles. The predicted molar refractivity (Wildman–Crippen MR) is 74.8 cm³/mol. The number of hydrogen-bond acceptors (Lipinski definition) is 3. The molecule has 0 spiro atoms. The summed E-state index contributed by atoms with van der Waals surface area (Å²) in [6.07, 6.45) is 3.65. The topological polar surface area (TPSA) is 29.5 Å². The molecule has 106 valence electrons. The number of ketones is 1. The monoisotopic (exact) mass is 255 g/mol. The summed E-state index contributed by atoms with van der Waals surface area (Å²) in [6, 6.07) is 0. The minimum absolute atomic E-state index is 0.208. The number of likely N-dealkylation sites (N-methyl/N-ethyl adjacent to an activating group) is 1. The lowest BCUT2D eigenvalue weighted by molar-refractivity contribution is -0.139. The van der Waals surface area contributed by atoms with Crippen LogP contribution in [-0.4, -0.2) is 42.5 Å². The van der Waals surface area contributed by atoms with Crippen LogP contribution in [-0.2, 0) is 9.53 Å². The van der Waals surface area contributed by atoms with Gasteiger partial charge in [0.15, 0.2) is 5.78 Å². The number of rotatable bonds is 7. The lowest BCUT2D eigenvalue weighted by atomic mass is 9.77. The molecular weight excluding hydrogens is 226 g/mol. The van der Waals surface area contributed by atoms with E-state index < -0.39 is 0 Å². The van der Waals surface area contributed by atoms with Crippen molar-refractivity contribution in [2.45, 2.75) is 58.9 Å². The molecule has 1 rings (SSSR count). The summed E-state index contributed by atoms with van der Waals surface area (Å²) in [7, 11) is 0. The number of ether oxygens (including phenoxy) is 1. The van der Waals surface area contributed by atoms with Crippen molar-refractivity contribution < 1.29 is 9.53 Å². The Hall–Kier alpha value is -0.410. The van der Waals surface area contributed by atoms with Crippen LogP contribution >= 0.6 is 0 Å². The smallest absolute Gasteiger partial charge is 0.156 e. The van der Waals surface area contributed by atoms with E-state index >= 15 is 0 Å². The Labute approximate surface area is 112 Å². The summed E-state index contributed by atoms with van der Waals surface area (Å²) in [5.74, 6) is 0.666. The molecule has 0 amide bonds. The first-order valence-corrected chi connectivity index (χ1v) is 7.53. The third-order valence-corrected chi connectivity index (χ3v) is 4.59. The second-order valence-electron chi connectivity index (χ2n) is 5.16. The highest BCUT2D eigenvalue weighted by atomic mass is 16.5. The van der Waals surface area contributed by atoms with E-state index in [4.69, 9.17) is 4.74 Å². The molecular formula is C15H29NO2. The van der Waals surface area contributed by atoms with E-state index in [-0.39, 0.29) is 11.5 Å². The van der Waals surface area contributed by atoms with E-state index in [0.717, 1.165) is 52.0 Å². The summed E-state index contributed by atoms with van der Waals surface area (Å²) in [5.41, 5.74) is -0.245. The zero-order chi connectivity index (χ0) is 13.6. The second kappa shape index (κ2) is 7.25. The number of nitrogens with zero attached hydrogens (tertiary/aromatic N) is 1. The molecule has 0 N–H and O–H groups in total. The van der Waals surface area contributed by atoms with Crippen molar-refractivity contribution in [3.63, 3.8) is 0 Å². The molecule has 1 aliphatic heterocycles. The van der Waals surface area contributed by atoms with Crippen molar-refractivity contribution in [3.05, 3.63) is 0 Å². The van der Waals surface area contributed by atoms with Gasteiger partial charge in [-0.1, -0.05) is 27.7 Å². The SMILES string of the molecule is CCN(CC)C(CC)(CC)C(=O)C1CCOCC1. The van der Waals surface area contributed by atoms with E-state index in [1.165, 1.54) is 0 Å². The normalized spacial score (nSPS) is 18.3. The maximum Gasteiger partial charge on any atom is 0.156 e. The van der Waals surface area contributed by atoms with Crippen LogP contribution in [0.15, 0.2) is 0 Å². The lowest BCUT2D eigenvalue weighted by Gasteiger charge is -2.43. The largest absolute Gasteiger partial charge is 0.381 e. The third kappa shape index (κ3) is 2.94. The van der Waals surface area contributed by atoms with Gasteiger partial charge in [-0.05, 0) is 38.8 Å². The molecule has 0 saturated carbocycles. The highest BCUT2D eigenvalue weighted by Gasteiger charge is 2.42. The average Bonchev–Trinajstić information content (AvgIpc) is 2.45. The Balaban J connectivity index is 2.90. The first-order valence-electron chi connectivity index (χ1n) is 7.53.